The normalized spacial score (nSPS) is 32.4. The predicted octanol–water partition coefficient (Wildman–Crippen LogP) is 2.21. The molecule has 1 aliphatic carbocycles. The summed E-state index contributed by atoms with van der Waals surface area (Å²) in [5, 5.41) is 0. The predicted molar refractivity (Wildman–Crippen MR) is 50.1 cm³/mol. The molecule has 0 aromatic heterocycles. The molecule has 70 valence electrons. The van der Waals surface area contributed by atoms with E-state index in [1.165, 1.54) is 5.57 Å². The Balaban J connectivity index is 2.21. The molecule has 0 amide bonds. The van der Waals surface area contributed by atoms with E-state index in [1.54, 1.807) is 0 Å². The molecule has 0 N–H and O–H groups in total. The van der Waals surface area contributed by atoms with Gasteiger partial charge in [0.15, 0.2) is 0 Å². The Morgan fingerprint density at radius 2 is 2.46 bits per heavy atom. The van der Waals surface area contributed by atoms with Gasteiger partial charge < -0.3 is 9.53 Å². The number of rotatable bonds is 1. The lowest BCUT2D eigenvalue weighted by Crippen LogP contribution is -2.27. The molecule has 2 unspecified atom stereocenters. The van der Waals surface area contributed by atoms with Crippen LogP contribution in [0.1, 0.15) is 26.2 Å². The molecule has 2 rings (SSSR count). The van der Waals surface area contributed by atoms with Crippen molar-refractivity contribution >= 4 is 6.29 Å². The first-order chi connectivity index (χ1) is 6.31. The third kappa shape index (κ3) is 1.53. The molecule has 0 aromatic rings. The molecule has 0 radical (unpaired) electrons. The van der Waals surface area contributed by atoms with Gasteiger partial charge in [0.05, 0.1) is 11.7 Å². The largest absolute Gasteiger partial charge is 0.494 e. The van der Waals surface area contributed by atoms with Gasteiger partial charge in [0, 0.05) is 6.42 Å². The molecular weight excluding hydrogens is 164 g/mol. The molecule has 0 saturated heterocycles. The number of allylic oxidation sites excluding steroid dienone is 4. The van der Waals surface area contributed by atoms with Gasteiger partial charge in [-0.25, -0.2) is 0 Å². The van der Waals surface area contributed by atoms with Crippen molar-refractivity contribution in [2.45, 2.75) is 32.3 Å². The van der Waals surface area contributed by atoms with Gasteiger partial charge in [-0.05, 0) is 25.3 Å². The van der Waals surface area contributed by atoms with Crippen molar-refractivity contribution in [1.82, 2.24) is 0 Å². The van der Waals surface area contributed by atoms with E-state index in [4.69, 9.17) is 4.74 Å². The van der Waals surface area contributed by atoms with Gasteiger partial charge >= 0.3 is 0 Å². The van der Waals surface area contributed by atoms with Crippen molar-refractivity contribution < 1.29 is 9.53 Å². The summed E-state index contributed by atoms with van der Waals surface area (Å²) in [6, 6.07) is 0. The van der Waals surface area contributed by atoms with E-state index in [9.17, 15) is 4.79 Å². The van der Waals surface area contributed by atoms with Crippen molar-refractivity contribution in [3.05, 3.63) is 23.5 Å². The van der Waals surface area contributed by atoms with Crippen LogP contribution in [0.4, 0.5) is 0 Å². The smallest absolute Gasteiger partial charge is 0.127 e. The molecule has 2 atom stereocenters. The Morgan fingerprint density at radius 3 is 3.23 bits per heavy atom. The summed E-state index contributed by atoms with van der Waals surface area (Å²) < 4.78 is 5.69. The second-order valence-electron chi connectivity index (χ2n) is 3.72. The van der Waals surface area contributed by atoms with Crippen LogP contribution in [0.25, 0.3) is 0 Å². The monoisotopic (exact) mass is 178 g/mol. The molecule has 1 heterocycles. The third-order valence-electron chi connectivity index (χ3n) is 2.78. The molecule has 0 saturated carbocycles. The van der Waals surface area contributed by atoms with Crippen molar-refractivity contribution in [3.8, 4) is 0 Å². The fourth-order valence-corrected chi connectivity index (χ4v) is 1.90. The summed E-state index contributed by atoms with van der Waals surface area (Å²) in [5.74, 6) is 1.15. The average Bonchev–Trinajstić information content (AvgIpc) is 2.17. The highest BCUT2D eigenvalue weighted by atomic mass is 16.5. The van der Waals surface area contributed by atoms with Gasteiger partial charge in [0.25, 0.3) is 0 Å². The Bertz CT molecular complexity index is 276. The summed E-state index contributed by atoms with van der Waals surface area (Å²) >= 11 is 0. The summed E-state index contributed by atoms with van der Waals surface area (Å²) in [6.07, 6.45) is 8.25. The van der Waals surface area contributed by atoms with Gasteiger partial charge in [0.2, 0.25) is 0 Å². The highest BCUT2D eigenvalue weighted by Crippen LogP contribution is 2.33. The van der Waals surface area contributed by atoms with Crippen LogP contribution in [0.5, 0.6) is 0 Å². The minimum absolute atomic E-state index is 0.0431. The lowest BCUT2D eigenvalue weighted by atomic mass is 9.89. The maximum atomic E-state index is 10.7. The lowest BCUT2D eigenvalue weighted by molar-refractivity contribution is -0.115. The van der Waals surface area contributed by atoms with Crippen LogP contribution in [-0.4, -0.2) is 12.4 Å². The van der Waals surface area contributed by atoms with E-state index in [0.29, 0.717) is 0 Å². The second kappa shape index (κ2) is 3.36. The molecule has 13 heavy (non-hydrogen) atoms. The molecule has 2 aliphatic rings. The van der Waals surface area contributed by atoms with E-state index >= 15 is 0 Å². The number of carbonyl (C=O) groups excluding carboxylic acids is 1. The number of aldehydes is 1. The zero-order valence-corrected chi connectivity index (χ0v) is 7.82. The standard InChI is InChI=1S/C11H14O2/c1-8-10(7-12)6-9-4-2-3-5-11(9)13-8/h2,4,7-8,10H,3,5-6H2,1H3. The summed E-state index contributed by atoms with van der Waals surface area (Å²) in [6.45, 7) is 1.97. The molecule has 0 fully saturated rings. The zero-order valence-electron chi connectivity index (χ0n) is 7.82. The van der Waals surface area contributed by atoms with E-state index in [2.05, 4.69) is 12.2 Å². The first-order valence-corrected chi connectivity index (χ1v) is 4.82. The SMILES string of the molecule is CC1OC2=C(C=CCC2)CC1C=O. The van der Waals surface area contributed by atoms with Crippen LogP contribution >= 0.6 is 0 Å². The first kappa shape index (κ1) is 8.54. The Labute approximate surface area is 78.3 Å². The molecule has 0 aromatic carbocycles. The van der Waals surface area contributed by atoms with Crippen LogP contribution in [0.2, 0.25) is 0 Å². The Kier molecular flexibility index (Phi) is 2.21. The summed E-state index contributed by atoms with van der Waals surface area (Å²) in [5.41, 5.74) is 1.22. The van der Waals surface area contributed by atoms with Gasteiger partial charge in [-0.1, -0.05) is 12.2 Å². The van der Waals surface area contributed by atoms with Crippen LogP contribution in [0.3, 0.4) is 0 Å². The number of hydrogen-bond donors (Lipinski definition) is 0. The molecular formula is C11H14O2. The van der Waals surface area contributed by atoms with Crippen molar-refractivity contribution in [1.29, 1.82) is 0 Å². The van der Waals surface area contributed by atoms with E-state index < -0.39 is 0 Å². The van der Waals surface area contributed by atoms with Crippen LogP contribution in [-0.2, 0) is 9.53 Å². The van der Waals surface area contributed by atoms with Crippen LogP contribution in [0.15, 0.2) is 23.5 Å². The minimum Gasteiger partial charge on any atom is -0.494 e. The quantitative estimate of drug-likeness (QED) is 0.575. The topological polar surface area (TPSA) is 26.3 Å². The van der Waals surface area contributed by atoms with Gasteiger partial charge in [-0.3, -0.25) is 0 Å². The molecule has 2 nitrogen and oxygen atoms in total. The second-order valence-corrected chi connectivity index (χ2v) is 3.72. The minimum atomic E-state index is 0.0431. The van der Waals surface area contributed by atoms with Gasteiger partial charge in [-0.2, -0.15) is 0 Å². The Morgan fingerprint density at radius 1 is 1.62 bits per heavy atom. The average molecular weight is 178 g/mol. The van der Waals surface area contributed by atoms with E-state index in [0.717, 1.165) is 31.3 Å². The third-order valence-corrected chi connectivity index (χ3v) is 2.78. The molecule has 0 spiro atoms. The number of carbonyl (C=O) groups is 1. The summed E-state index contributed by atoms with van der Waals surface area (Å²) in [7, 11) is 0. The van der Waals surface area contributed by atoms with Crippen molar-refractivity contribution in [2.24, 2.45) is 5.92 Å². The highest BCUT2D eigenvalue weighted by Gasteiger charge is 2.27. The van der Waals surface area contributed by atoms with Crippen molar-refractivity contribution in [3.63, 3.8) is 0 Å². The maximum Gasteiger partial charge on any atom is 0.127 e. The zero-order chi connectivity index (χ0) is 9.26. The van der Waals surface area contributed by atoms with E-state index in [-0.39, 0.29) is 12.0 Å². The van der Waals surface area contributed by atoms with Gasteiger partial charge in [-0.15, -0.1) is 0 Å². The lowest BCUT2D eigenvalue weighted by Gasteiger charge is -2.30. The molecule has 1 aliphatic heterocycles. The van der Waals surface area contributed by atoms with E-state index in [1.807, 2.05) is 6.92 Å². The van der Waals surface area contributed by atoms with Crippen molar-refractivity contribution in [2.75, 3.05) is 0 Å². The fourth-order valence-electron chi connectivity index (χ4n) is 1.90. The molecule has 0 bridgehead atoms. The highest BCUT2D eigenvalue weighted by molar-refractivity contribution is 5.56. The number of hydrogen-bond acceptors (Lipinski definition) is 2. The number of ether oxygens (including phenoxy) is 1. The van der Waals surface area contributed by atoms with Crippen LogP contribution in [0, 0.1) is 5.92 Å². The Hall–Kier alpha value is -1.05. The van der Waals surface area contributed by atoms with Gasteiger partial charge in [0.1, 0.15) is 12.4 Å². The summed E-state index contributed by atoms with van der Waals surface area (Å²) in [4.78, 5) is 10.7. The first-order valence-electron chi connectivity index (χ1n) is 4.82. The van der Waals surface area contributed by atoms with Crippen LogP contribution < -0.4 is 0 Å². The molecule has 2 heteroatoms. The maximum absolute atomic E-state index is 10.7. The fraction of sp³-hybridized carbons (Fsp3) is 0.545.